The van der Waals surface area contributed by atoms with Gasteiger partial charge in [-0.05, 0) is 30.3 Å². The van der Waals surface area contributed by atoms with Crippen molar-refractivity contribution in [1.82, 2.24) is 0 Å². The maximum atomic E-state index is 12.0. The number of anilines is 1. The van der Waals surface area contributed by atoms with E-state index in [2.05, 4.69) is 0 Å². The van der Waals surface area contributed by atoms with Crippen LogP contribution in [0.15, 0.2) is 35.7 Å². The summed E-state index contributed by atoms with van der Waals surface area (Å²) in [5.74, 6) is -0.328. The molecule has 0 saturated carbocycles. The Labute approximate surface area is 147 Å². The van der Waals surface area contributed by atoms with Gasteiger partial charge >= 0.3 is 12.1 Å². The number of carbonyl (C=O) groups excluding carboxylic acids is 1. The summed E-state index contributed by atoms with van der Waals surface area (Å²) in [4.78, 5) is 24.9. The Balaban J connectivity index is 1.56. The number of nitriles is 1. The average molecular weight is 358 g/mol. The number of benzene rings is 1. The molecule has 1 atom stereocenters. The Morgan fingerprint density at radius 1 is 1.44 bits per heavy atom. The number of aliphatic carboxylic acids is 1. The van der Waals surface area contributed by atoms with Crippen LogP contribution in [0.4, 0.5) is 10.5 Å². The molecular formula is C17H14N2O5S. The van der Waals surface area contributed by atoms with Gasteiger partial charge in [0.2, 0.25) is 0 Å². The molecule has 1 aliphatic rings. The van der Waals surface area contributed by atoms with Crippen LogP contribution in [-0.4, -0.2) is 36.4 Å². The van der Waals surface area contributed by atoms with Crippen LogP contribution in [0.25, 0.3) is 0 Å². The van der Waals surface area contributed by atoms with Crippen molar-refractivity contribution >= 4 is 29.1 Å². The number of carboxylic acid groups (broad SMARTS) is 1. The van der Waals surface area contributed by atoms with E-state index in [1.54, 1.807) is 35.7 Å². The highest BCUT2D eigenvalue weighted by atomic mass is 32.1. The first kappa shape index (κ1) is 16.8. The van der Waals surface area contributed by atoms with E-state index in [0.29, 0.717) is 28.4 Å². The molecular weight excluding hydrogens is 344 g/mol. The summed E-state index contributed by atoms with van der Waals surface area (Å²) < 4.78 is 10.9. The van der Waals surface area contributed by atoms with Crippen LogP contribution >= 0.6 is 11.3 Å². The molecule has 1 amide bonds. The van der Waals surface area contributed by atoms with Crippen LogP contribution in [0.3, 0.4) is 0 Å². The van der Waals surface area contributed by atoms with Gasteiger partial charge in [0.05, 0.1) is 24.6 Å². The van der Waals surface area contributed by atoms with E-state index < -0.39 is 18.2 Å². The van der Waals surface area contributed by atoms with E-state index in [4.69, 9.17) is 19.8 Å². The van der Waals surface area contributed by atoms with Crippen LogP contribution < -0.4 is 9.64 Å². The van der Waals surface area contributed by atoms with Gasteiger partial charge in [-0.15, -0.1) is 11.3 Å². The standard InChI is InChI=1S/C17H14N2O5S/c18-7-11-1-3-12(4-2-11)19-8-14(24-17(19)22)9-23-13-5-15(25-10-13)6-16(20)21/h1-5,10,14H,6,8-9H2,(H,20,21). The average Bonchev–Trinajstić information content (AvgIpc) is 3.19. The van der Waals surface area contributed by atoms with Crippen molar-refractivity contribution in [2.24, 2.45) is 0 Å². The second-order valence-electron chi connectivity index (χ2n) is 5.41. The molecule has 3 rings (SSSR count). The van der Waals surface area contributed by atoms with Gasteiger partial charge in [-0.1, -0.05) is 0 Å². The molecule has 1 unspecified atom stereocenters. The molecule has 1 N–H and O–H groups in total. The number of rotatable bonds is 6. The lowest BCUT2D eigenvalue weighted by atomic mass is 10.2. The minimum atomic E-state index is -0.892. The first-order valence-corrected chi connectivity index (χ1v) is 8.33. The third-order valence-electron chi connectivity index (χ3n) is 3.57. The maximum Gasteiger partial charge on any atom is 0.414 e. The van der Waals surface area contributed by atoms with Gasteiger partial charge in [-0.25, -0.2) is 4.79 Å². The molecule has 25 heavy (non-hydrogen) atoms. The highest BCUT2D eigenvalue weighted by Crippen LogP contribution is 2.25. The number of thiophene rings is 1. The normalized spacial score (nSPS) is 16.4. The van der Waals surface area contributed by atoms with Gasteiger partial charge in [0, 0.05) is 15.9 Å². The molecule has 0 spiro atoms. The van der Waals surface area contributed by atoms with Crippen molar-refractivity contribution in [1.29, 1.82) is 5.26 Å². The Kier molecular flexibility index (Phi) is 4.86. The molecule has 2 aromatic rings. The molecule has 1 aromatic heterocycles. The van der Waals surface area contributed by atoms with Crippen molar-refractivity contribution < 1.29 is 24.2 Å². The zero-order valence-corrected chi connectivity index (χ0v) is 13.9. The van der Waals surface area contributed by atoms with Crippen molar-refractivity contribution in [3.05, 3.63) is 46.2 Å². The molecule has 0 aliphatic carbocycles. The summed E-state index contributed by atoms with van der Waals surface area (Å²) in [6.07, 6.45) is -0.931. The molecule has 1 fully saturated rings. The van der Waals surface area contributed by atoms with E-state index >= 15 is 0 Å². The van der Waals surface area contributed by atoms with Gasteiger partial charge < -0.3 is 14.6 Å². The molecule has 1 aromatic carbocycles. The fourth-order valence-corrected chi connectivity index (χ4v) is 3.20. The fraction of sp³-hybridized carbons (Fsp3) is 0.235. The van der Waals surface area contributed by atoms with E-state index in [1.807, 2.05) is 6.07 Å². The first-order valence-electron chi connectivity index (χ1n) is 7.45. The fourth-order valence-electron chi connectivity index (χ4n) is 2.40. The molecule has 2 heterocycles. The highest BCUT2D eigenvalue weighted by Gasteiger charge is 2.32. The quantitative estimate of drug-likeness (QED) is 0.852. The minimum absolute atomic E-state index is 0.0427. The van der Waals surface area contributed by atoms with Crippen LogP contribution in [-0.2, 0) is 16.0 Å². The Hall–Kier alpha value is -3.05. The maximum absolute atomic E-state index is 12.0. The Bertz CT molecular complexity index is 824. The molecule has 7 nitrogen and oxygen atoms in total. The van der Waals surface area contributed by atoms with E-state index in [9.17, 15) is 9.59 Å². The van der Waals surface area contributed by atoms with Crippen LogP contribution in [0.1, 0.15) is 10.4 Å². The van der Waals surface area contributed by atoms with Gasteiger partial charge in [0.1, 0.15) is 12.4 Å². The van der Waals surface area contributed by atoms with Gasteiger partial charge in [0.15, 0.2) is 6.10 Å². The lowest BCUT2D eigenvalue weighted by molar-refractivity contribution is -0.136. The Morgan fingerprint density at radius 3 is 2.88 bits per heavy atom. The lowest BCUT2D eigenvalue weighted by Gasteiger charge is -2.12. The minimum Gasteiger partial charge on any atom is -0.489 e. The van der Waals surface area contributed by atoms with Gasteiger partial charge in [-0.2, -0.15) is 5.26 Å². The number of carboxylic acids is 1. The van der Waals surface area contributed by atoms with Crippen LogP contribution in [0.2, 0.25) is 0 Å². The predicted octanol–water partition coefficient (Wildman–Crippen LogP) is 2.65. The summed E-state index contributed by atoms with van der Waals surface area (Å²) in [6, 6.07) is 10.4. The largest absolute Gasteiger partial charge is 0.489 e. The summed E-state index contributed by atoms with van der Waals surface area (Å²) >= 11 is 1.31. The number of cyclic esters (lactones) is 1. The summed E-state index contributed by atoms with van der Waals surface area (Å²) in [7, 11) is 0. The van der Waals surface area contributed by atoms with Crippen LogP contribution in [0.5, 0.6) is 5.75 Å². The number of carbonyl (C=O) groups is 2. The molecule has 1 aliphatic heterocycles. The molecule has 1 saturated heterocycles. The van der Waals surface area contributed by atoms with Crippen molar-refractivity contribution in [2.75, 3.05) is 18.1 Å². The monoisotopic (exact) mass is 358 g/mol. The van der Waals surface area contributed by atoms with Crippen molar-refractivity contribution in [2.45, 2.75) is 12.5 Å². The van der Waals surface area contributed by atoms with Crippen molar-refractivity contribution in [3.8, 4) is 11.8 Å². The topological polar surface area (TPSA) is 99.9 Å². The van der Waals surface area contributed by atoms with E-state index in [1.165, 1.54) is 16.2 Å². The molecule has 128 valence electrons. The highest BCUT2D eigenvalue weighted by molar-refractivity contribution is 7.10. The number of ether oxygens (including phenoxy) is 2. The number of hydrogen-bond acceptors (Lipinski definition) is 6. The number of amides is 1. The second-order valence-corrected chi connectivity index (χ2v) is 6.40. The second kappa shape index (κ2) is 7.23. The van der Waals surface area contributed by atoms with E-state index in [-0.39, 0.29) is 13.0 Å². The summed E-state index contributed by atoms with van der Waals surface area (Å²) in [5.41, 5.74) is 1.18. The zero-order chi connectivity index (χ0) is 17.8. The predicted molar refractivity (Wildman–Crippen MR) is 89.9 cm³/mol. The van der Waals surface area contributed by atoms with Gasteiger partial charge in [0.25, 0.3) is 0 Å². The number of nitrogens with zero attached hydrogens (tertiary/aromatic N) is 2. The molecule has 8 heteroatoms. The van der Waals surface area contributed by atoms with Gasteiger partial charge in [-0.3, -0.25) is 9.69 Å². The lowest BCUT2D eigenvalue weighted by Crippen LogP contribution is -2.26. The third kappa shape index (κ3) is 4.08. The smallest absolute Gasteiger partial charge is 0.414 e. The Morgan fingerprint density at radius 2 is 2.20 bits per heavy atom. The van der Waals surface area contributed by atoms with Crippen LogP contribution in [0, 0.1) is 11.3 Å². The third-order valence-corrected chi connectivity index (χ3v) is 4.49. The summed E-state index contributed by atoms with van der Waals surface area (Å²) in [6.45, 7) is 0.526. The summed E-state index contributed by atoms with van der Waals surface area (Å²) in [5, 5.41) is 19.3. The van der Waals surface area contributed by atoms with Crippen molar-refractivity contribution in [3.63, 3.8) is 0 Å². The zero-order valence-electron chi connectivity index (χ0n) is 13.0. The molecule has 0 radical (unpaired) electrons. The molecule has 0 bridgehead atoms. The van der Waals surface area contributed by atoms with E-state index in [0.717, 1.165) is 0 Å². The number of hydrogen-bond donors (Lipinski definition) is 1. The SMILES string of the molecule is N#Cc1ccc(N2CC(COc3csc(CC(=O)O)c3)OC2=O)cc1. The first-order chi connectivity index (χ1) is 12.0.